The van der Waals surface area contributed by atoms with Gasteiger partial charge in [0, 0.05) is 18.0 Å². The van der Waals surface area contributed by atoms with Gasteiger partial charge in [-0.2, -0.15) is 0 Å². The second-order valence-electron chi connectivity index (χ2n) is 3.89. The molecule has 0 saturated carbocycles. The molecular formula is C11H16N2O. The average Bonchev–Trinajstić information content (AvgIpc) is 2.17. The van der Waals surface area contributed by atoms with Gasteiger partial charge < -0.3 is 16.2 Å². The normalized spacial score (nSPS) is 20.1. The lowest BCUT2D eigenvalue weighted by atomic mass is 9.95. The lowest BCUT2D eigenvalue weighted by molar-refractivity contribution is 0.270. The first-order chi connectivity index (χ1) is 6.61. The SMILES string of the molecule is Cc1cc2c(c(N)c1C)OCC[C@H]2N. The van der Waals surface area contributed by atoms with E-state index in [1.165, 1.54) is 5.56 Å². The monoisotopic (exact) mass is 192 g/mol. The van der Waals surface area contributed by atoms with E-state index in [4.69, 9.17) is 16.2 Å². The predicted octanol–water partition coefficient (Wildman–Crippen LogP) is 1.67. The van der Waals surface area contributed by atoms with Crippen molar-refractivity contribution in [3.05, 3.63) is 22.8 Å². The minimum Gasteiger partial charge on any atom is -0.491 e. The van der Waals surface area contributed by atoms with Crippen LogP contribution in [0.15, 0.2) is 6.07 Å². The van der Waals surface area contributed by atoms with Crippen LogP contribution in [0.2, 0.25) is 0 Å². The van der Waals surface area contributed by atoms with Crippen molar-refractivity contribution in [2.24, 2.45) is 5.73 Å². The number of anilines is 1. The fourth-order valence-electron chi connectivity index (χ4n) is 1.83. The van der Waals surface area contributed by atoms with Gasteiger partial charge in [0.25, 0.3) is 0 Å². The van der Waals surface area contributed by atoms with Crippen molar-refractivity contribution in [3.63, 3.8) is 0 Å². The zero-order valence-corrected chi connectivity index (χ0v) is 8.63. The fraction of sp³-hybridized carbons (Fsp3) is 0.455. The minimum absolute atomic E-state index is 0.0698. The van der Waals surface area contributed by atoms with Gasteiger partial charge in [-0.3, -0.25) is 0 Å². The lowest BCUT2D eigenvalue weighted by Gasteiger charge is -2.25. The van der Waals surface area contributed by atoms with Gasteiger partial charge in [-0.25, -0.2) is 0 Å². The van der Waals surface area contributed by atoms with Crippen molar-refractivity contribution in [3.8, 4) is 5.75 Å². The van der Waals surface area contributed by atoms with Crippen LogP contribution in [0, 0.1) is 13.8 Å². The smallest absolute Gasteiger partial charge is 0.147 e. The summed E-state index contributed by atoms with van der Waals surface area (Å²) >= 11 is 0. The number of hydrogen-bond donors (Lipinski definition) is 2. The van der Waals surface area contributed by atoms with Crippen LogP contribution in [0.5, 0.6) is 5.75 Å². The molecule has 1 aromatic rings. The summed E-state index contributed by atoms with van der Waals surface area (Å²) in [6.07, 6.45) is 0.870. The molecule has 0 aliphatic carbocycles. The maximum atomic E-state index is 6.00. The summed E-state index contributed by atoms with van der Waals surface area (Å²) in [5.74, 6) is 0.798. The number of aryl methyl sites for hydroxylation is 1. The number of nitrogens with two attached hydrogens (primary N) is 2. The maximum Gasteiger partial charge on any atom is 0.147 e. The van der Waals surface area contributed by atoms with Crippen LogP contribution < -0.4 is 16.2 Å². The fourth-order valence-corrected chi connectivity index (χ4v) is 1.83. The molecule has 1 heterocycles. The highest BCUT2D eigenvalue weighted by molar-refractivity contribution is 5.65. The van der Waals surface area contributed by atoms with E-state index in [1.807, 2.05) is 13.8 Å². The Hall–Kier alpha value is -1.22. The maximum absolute atomic E-state index is 6.00. The number of rotatable bonds is 0. The van der Waals surface area contributed by atoms with Gasteiger partial charge in [0.1, 0.15) is 5.75 Å². The van der Waals surface area contributed by atoms with Crippen molar-refractivity contribution in [1.82, 2.24) is 0 Å². The van der Waals surface area contributed by atoms with Crippen molar-refractivity contribution in [1.29, 1.82) is 0 Å². The Morgan fingerprint density at radius 3 is 2.86 bits per heavy atom. The average molecular weight is 192 g/mol. The molecule has 4 N–H and O–H groups in total. The molecule has 76 valence electrons. The van der Waals surface area contributed by atoms with E-state index in [1.54, 1.807) is 0 Å². The summed E-state index contributed by atoms with van der Waals surface area (Å²) in [6, 6.07) is 2.16. The van der Waals surface area contributed by atoms with Crippen LogP contribution in [-0.2, 0) is 0 Å². The van der Waals surface area contributed by atoms with Crippen LogP contribution in [-0.4, -0.2) is 6.61 Å². The Bertz CT molecular complexity index is 374. The van der Waals surface area contributed by atoms with Crippen LogP contribution in [0.1, 0.15) is 29.2 Å². The zero-order valence-electron chi connectivity index (χ0n) is 8.63. The molecule has 0 unspecified atom stereocenters. The molecule has 3 nitrogen and oxygen atoms in total. The molecule has 0 spiro atoms. The van der Waals surface area contributed by atoms with E-state index in [0.29, 0.717) is 6.61 Å². The molecule has 1 atom stereocenters. The van der Waals surface area contributed by atoms with Crippen LogP contribution in [0.4, 0.5) is 5.69 Å². The van der Waals surface area contributed by atoms with E-state index in [9.17, 15) is 0 Å². The van der Waals surface area contributed by atoms with Crippen LogP contribution in [0.3, 0.4) is 0 Å². The molecule has 1 aliphatic heterocycles. The minimum atomic E-state index is 0.0698. The second-order valence-corrected chi connectivity index (χ2v) is 3.89. The molecule has 3 heteroatoms. The first-order valence-electron chi connectivity index (χ1n) is 4.89. The highest BCUT2D eigenvalue weighted by atomic mass is 16.5. The molecule has 14 heavy (non-hydrogen) atoms. The third-order valence-corrected chi connectivity index (χ3v) is 2.95. The van der Waals surface area contributed by atoms with Gasteiger partial charge in [-0.15, -0.1) is 0 Å². The van der Waals surface area contributed by atoms with Crippen molar-refractivity contribution < 1.29 is 4.74 Å². The summed E-state index contributed by atoms with van der Waals surface area (Å²) < 4.78 is 5.56. The number of benzene rings is 1. The summed E-state index contributed by atoms with van der Waals surface area (Å²) in [6.45, 7) is 4.72. The Kier molecular flexibility index (Phi) is 2.11. The first kappa shape index (κ1) is 9.34. The van der Waals surface area contributed by atoms with E-state index < -0.39 is 0 Å². The van der Waals surface area contributed by atoms with Gasteiger partial charge >= 0.3 is 0 Å². The number of ether oxygens (including phenoxy) is 1. The quantitative estimate of drug-likeness (QED) is 0.615. The third-order valence-electron chi connectivity index (χ3n) is 2.95. The molecule has 0 radical (unpaired) electrons. The van der Waals surface area contributed by atoms with E-state index in [2.05, 4.69) is 6.07 Å². The Morgan fingerprint density at radius 1 is 1.43 bits per heavy atom. The van der Waals surface area contributed by atoms with E-state index in [-0.39, 0.29) is 6.04 Å². The molecule has 1 aromatic carbocycles. The molecule has 0 aromatic heterocycles. The topological polar surface area (TPSA) is 61.3 Å². The summed E-state index contributed by atoms with van der Waals surface area (Å²) in [5, 5.41) is 0. The predicted molar refractivity (Wildman–Crippen MR) is 57.4 cm³/mol. The molecule has 2 rings (SSSR count). The van der Waals surface area contributed by atoms with Crippen molar-refractivity contribution in [2.45, 2.75) is 26.3 Å². The Balaban J connectivity index is 2.63. The number of nitrogen functional groups attached to an aromatic ring is 1. The van der Waals surface area contributed by atoms with Gasteiger partial charge in [-0.05, 0) is 25.0 Å². The molecule has 0 amide bonds. The molecular weight excluding hydrogens is 176 g/mol. The summed E-state index contributed by atoms with van der Waals surface area (Å²) in [5.41, 5.74) is 16.1. The van der Waals surface area contributed by atoms with E-state index >= 15 is 0 Å². The Morgan fingerprint density at radius 2 is 2.14 bits per heavy atom. The molecule has 0 saturated heterocycles. The van der Waals surface area contributed by atoms with Gasteiger partial charge in [0.15, 0.2) is 0 Å². The van der Waals surface area contributed by atoms with Crippen molar-refractivity contribution >= 4 is 5.69 Å². The summed E-state index contributed by atoms with van der Waals surface area (Å²) in [7, 11) is 0. The molecule has 0 fully saturated rings. The highest BCUT2D eigenvalue weighted by Crippen LogP contribution is 2.38. The number of hydrogen-bond acceptors (Lipinski definition) is 3. The standard InChI is InChI=1S/C11H16N2O/c1-6-5-8-9(12)3-4-14-11(8)10(13)7(6)2/h5,9H,3-4,12-13H2,1-2H3/t9-/m1/s1. The highest BCUT2D eigenvalue weighted by Gasteiger charge is 2.21. The van der Waals surface area contributed by atoms with Crippen LogP contribution in [0.25, 0.3) is 0 Å². The van der Waals surface area contributed by atoms with Crippen LogP contribution >= 0.6 is 0 Å². The Labute approximate surface area is 84.0 Å². The third kappa shape index (κ3) is 1.24. The number of fused-ring (bicyclic) bond motifs is 1. The lowest BCUT2D eigenvalue weighted by Crippen LogP contribution is -2.22. The zero-order chi connectivity index (χ0) is 10.3. The molecule has 0 bridgehead atoms. The van der Waals surface area contributed by atoms with Gasteiger partial charge in [0.2, 0.25) is 0 Å². The van der Waals surface area contributed by atoms with Gasteiger partial charge in [0.05, 0.1) is 12.3 Å². The van der Waals surface area contributed by atoms with Crippen molar-refractivity contribution in [2.75, 3.05) is 12.3 Å². The van der Waals surface area contributed by atoms with Gasteiger partial charge in [-0.1, -0.05) is 6.07 Å². The van der Waals surface area contributed by atoms with E-state index in [0.717, 1.165) is 29.0 Å². The molecule has 1 aliphatic rings. The summed E-state index contributed by atoms with van der Waals surface area (Å²) in [4.78, 5) is 0. The largest absolute Gasteiger partial charge is 0.491 e. The first-order valence-corrected chi connectivity index (χ1v) is 4.89. The second kappa shape index (κ2) is 3.17.